The second-order valence-electron chi connectivity index (χ2n) is 8.76. The topological polar surface area (TPSA) is 67.6 Å². The van der Waals surface area contributed by atoms with Crippen molar-refractivity contribution in [2.75, 3.05) is 26.2 Å². The number of nitrogens with zero attached hydrogens (tertiary/aromatic N) is 1. The average molecular weight is 313 g/mol. The summed E-state index contributed by atoms with van der Waals surface area (Å²) in [6.45, 7) is 15.9. The molecule has 1 fully saturated rings. The van der Waals surface area contributed by atoms with E-state index >= 15 is 0 Å². The highest BCUT2D eigenvalue weighted by atomic mass is 16.6. The molecule has 0 bridgehead atoms. The van der Waals surface area contributed by atoms with Crippen LogP contribution in [0.25, 0.3) is 0 Å². The molecule has 1 heterocycles. The van der Waals surface area contributed by atoms with Crippen LogP contribution in [0.3, 0.4) is 0 Å². The fraction of sp³-hybridized carbons (Fsp3) is 0.941. The van der Waals surface area contributed by atoms with Crippen LogP contribution in [0.5, 0.6) is 0 Å². The molecule has 0 aromatic rings. The first-order valence-corrected chi connectivity index (χ1v) is 8.40. The van der Waals surface area contributed by atoms with Gasteiger partial charge in [-0.25, -0.2) is 4.79 Å². The van der Waals surface area contributed by atoms with Gasteiger partial charge in [0.2, 0.25) is 0 Å². The van der Waals surface area contributed by atoms with Gasteiger partial charge in [0.1, 0.15) is 5.60 Å². The van der Waals surface area contributed by atoms with E-state index in [0.29, 0.717) is 17.9 Å². The predicted molar refractivity (Wildman–Crippen MR) is 90.8 cm³/mol. The molecule has 22 heavy (non-hydrogen) atoms. The van der Waals surface area contributed by atoms with Gasteiger partial charge in [0.25, 0.3) is 0 Å². The maximum atomic E-state index is 12.0. The van der Waals surface area contributed by atoms with Crippen LogP contribution in [0.4, 0.5) is 4.79 Å². The first-order valence-electron chi connectivity index (χ1n) is 8.40. The van der Waals surface area contributed by atoms with E-state index in [-0.39, 0.29) is 12.1 Å². The number of hydrogen-bond acceptors (Lipinski definition) is 4. The monoisotopic (exact) mass is 313 g/mol. The third-order valence-electron chi connectivity index (χ3n) is 3.68. The molecule has 1 amide bonds. The Morgan fingerprint density at radius 2 is 1.86 bits per heavy atom. The maximum absolute atomic E-state index is 12.0. The zero-order valence-corrected chi connectivity index (χ0v) is 15.2. The van der Waals surface area contributed by atoms with Crippen molar-refractivity contribution in [3.8, 4) is 0 Å². The molecule has 0 aromatic carbocycles. The van der Waals surface area contributed by atoms with E-state index in [2.05, 4.69) is 31.0 Å². The number of carbonyl (C=O) groups excluding carboxylic acids is 1. The van der Waals surface area contributed by atoms with Crippen molar-refractivity contribution in [1.29, 1.82) is 0 Å². The fourth-order valence-corrected chi connectivity index (χ4v) is 3.26. The van der Waals surface area contributed by atoms with Crippen LogP contribution in [-0.4, -0.2) is 48.8 Å². The van der Waals surface area contributed by atoms with Gasteiger partial charge < -0.3 is 15.8 Å². The maximum Gasteiger partial charge on any atom is 0.407 e. The van der Waals surface area contributed by atoms with Crippen molar-refractivity contribution in [3.63, 3.8) is 0 Å². The Bertz CT molecular complexity index is 358. The minimum atomic E-state index is -0.458. The fourth-order valence-electron chi connectivity index (χ4n) is 3.26. The molecule has 0 radical (unpaired) electrons. The molecule has 5 heteroatoms. The number of nitrogens with one attached hydrogen (secondary N) is 1. The number of likely N-dealkylation sites (tertiary alicyclic amines) is 1. The molecule has 0 spiro atoms. The van der Waals surface area contributed by atoms with E-state index in [0.717, 1.165) is 32.5 Å². The molecule has 1 aliphatic heterocycles. The summed E-state index contributed by atoms with van der Waals surface area (Å²) < 4.78 is 5.38. The smallest absolute Gasteiger partial charge is 0.407 e. The van der Waals surface area contributed by atoms with Crippen molar-refractivity contribution >= 4 is 6.09 Å². The number of hydrogen-bond donors (Lipinski definition) is 2. The average Bonchev–Trinajstić information content (AvgIpc) is 2.22. The summed E-state index contributed by atoms with van der Waals surface area (Å²) in [5.74, 6) is 0.584. The van der Waals surface area contributed by atoms with Gasteiger partial charge in [-0.2, -0.15) is 0 Å². The lowest BCUT2D eigenvalue weighted by molar-refractivity contribution is 0.0436. The number of ether oxygens (including phenoxy) is 1. The van der Waals surface area contributed by atoms with Crippen LogP contribution >= 0.6 is 0 Å². The van der Waals surface area contributed by atoms with Gasteiger partial charge in [-0.3, -0.25) is 4.90 Å². The highest BCUT2D eigenvalue weighted by Gasteiger charge is 2.31. The lowest BCUT2D eigenvalue weighted by atomic mass is 9.80. The Balaban J connectivity index is 2.62. The Kier molecular flexibility index (Phi) is 6.68. The van der Waals surface area contributed by atoms with E-state index in [1.807, 2.05) is 20.8 Å². The molecular formula is C17H35N3O2. The number of rotatable bonds is 4. The molecule has 3 N–H and O–H groups in total. The van der Waals surface area contributed by atoms with Crippen molar-refractivity contribution in [3.05, 3.63) is 0 Å². The second kappa shape index (κ2) is 7.64. The van der Waals surface area contributed by atoms with Crippen LogP contribution < -0.4 is 11.1 Å². The van der Waals surface area contributed by atoms with Gasteiger partial charge >= 0.3 is 6.09 Å². The first kappa shape index (κ1) is 19.2. The molecular weight excluding hydrogens is 278 g/mol. The van der Waals surface area contributed by atoms with Gasteiger partial charge in [-0.1, -0.05) is 20.8 Å². The van der Waals surface area contributed by atoms with Gasteiger partial charge in [-0.15, -0.1) is 0 Å². The molecule has 0 saturated carbocycles. The molecule has 2 atom stereocenters. The molecule has 5 nitrogen and oxygen atoms in total. The SMILES string of the molecule is CC(C)(C)CC1CC(NC(=O)OC(C)(C)C)CN(CCN)C1. The van der Waals surface area contributed by atoms with Crippen molar-refractivity contribution in [1.82, 2.24) is 10.2 Å². The second-order valence-corrected chi connectivity index (χ2v) is 8.76. The number of alkyl carbamates (subject to hydrolysis) is 1. The predicted octanol–water partition coefficient (Wildman–Crippen LogP) is 2.60. The summed E-state index contributed by atoms with van der Waals surface area (Å²) in [6, 6.07) is 0.141. The van der Waals surface area contributed by atoms with Crippen LogP contribution in [0.15, 0.2) is 0 Å². The quantitative estimate of drug-likeness (QED) is 0.837. The molecule has 1 aliphatic rings. The summed E-state index contributed by atoms with van der Waals surface area (Å²) >= 11 is 0. The van der Waals surface area contributed by atoms with Crippen LogP contribution in [0, 0.1) is 11.3 Å². The first-order chi connectivity index (χ1) is 9.98. The lowest BCUT2D eigenvalue weighted by Crippen LogP contribution is -2.52. The number of piperidine rings is 1. The largest absolute Gasteiger partial charge is 0.444 e. The minimum Gasteiger partial charge on any atom is -0.444 e. The van der Waals surface area contributed by atoms with Crippen molar-refractivity contribution in [2.45, 2.75) is 66.0 Å². The van der Waals surface area contributed by atoms with E-state index < -0.39 is 5.60 Å². The third kappa shape index (κ3) is 7.99. The molecule has 0 aliphatic carbocycles. The summed E-state index contributed by atoms with van der Waals surface area (Å²) in [7, 11) is 0. The minimum absolute atomic E-state index is 0.141. The van der Waals surface area contributed by atoms with E-state index in [1.165, 1.54) is 0 Å². The summed E-state index contributed by atoms with van der Waals surface area (Å²) in [4.78, 5) is 14.4. The van der Waals surface area contributed by atoms with Crippen LogP contribution in [0.2, 0.25) is 0 Å². The molecule has 1 saturated heterocycles. The van der Waals surface area contributed by atoms with Crippen molar-refractivity contribution in [2.24, 2.45) is 17.1 Å². The Hall–Kier alpha value is -0.810. The highest BCUT2D eigenvalue weighted by Crippen LogP contribution is 2.30. The Morgan fingerprint density at radius 3 is 2.36 bits per heavy atom. The molecule has 130 valence electrons. The zero-order chi connectivity index (χ0) is 17.0. The summed E-state index contributed by atoms with van der Waals surface area (Å²) in [5.41, 5.74) is 5.55. The summed E-state index contributed by atoms with van der Waals surface area (Å²) in [5, 5.41) is 3.04. The third-order valence-corrected chi connectivity index (χ3v) is 3.68. The van der Waals surface area contributed by atoms with E-state index in [4.69, 9.17) is 10.5 Å². The Morgan fingerprint density at radius 1 is 1.23 bits per heavy atom. The van der Waals surface area contributed by atoms with Crippen LogP contribution in [-0.2, 0) is 4.74 Å². The van der Waals surface area contributed by atoms with E-state index in [1.54, 1.807) is 0 Å². The van der Waals surface area contributed by atoms with Gasteiger partial charge in [0.15, 0.2) is 0 Å². The molecule has 2 unspecified atom stereocenters. The zero-order valence-electron chi connectivity index (χ0n) is 15.2. The molecule has 0 aromatic heterocycles. The standard InChI is InChI=1S/C17H35N3O2/c1-16(2,3)10-13-9-14(12-20(11-13)8-7-18)19-15(21)22-17(4,5)6/h13-14H,7-12,18H2,1-6H3,(H,19,21). The van der Waals surface area contributed by atoms with Gasteiger partial charge in [0, 0.05) is 32.2 Å². The highest BCUT2D eigenvalue weighted by molar-refractivity contribution is 5.68. The van der Waals surface area contributed by atoms with Gasteiger partial charge in [0.05, 0.1) is 0 Å². The number of nitrogens with two attached hydrogens (primary N) is 1. The normalized spacial score (nSPS) is 24.1. The summed E-state index contributed by atoms with van der Waals surface area (Å²) in [6.07, 6.45) is 1.85. The number of amides is 1. The number of carbonyl (C=O) groups is 1. The van der Waals surface area contributed by atoms with E-state index in [9.17, 15) is 4.79 Å². The Labute approximate surface area is 135 Å². The van der Waals surface area contributed by atoms with Gasteiger partial charge in [-0.05, 0) is 44.9 Å². The van der Waals surface area contributed by atoms with Crippen molar-refractivity contribution < 1.29 is 9.53 Å². The lowest BCUT2D eigenvalue weighted by Gasteiger charge is -2.40. The van der Waals surface area contributed by atoms with Crippen LogP contribution in [0.1, 0.15) is 54.4 Å². The molecule has 1 rings (SSSR count).